The van der Waals surface area contributed by atoms with Crippen LogP contribution in [0.3, 0.4) is 0 Å². The zero-order chi connectivity index (χ0) is 20.7. The van der Waals surface area contributed by atoms with Crippen molar-refractivity contribution in [1.82, 2.24) is 5.32 Å². The molecule has 2 N–H and O–H groups in total. The molecular weight excluding hydrogens is 358 g/mol. The van der Waals surface area contributed by atoms with Gasteiger partial charge in [0.15, 0.2) is 0 Å². The molecule has 0 radical (unpaired) electrons. The van der Waals surface area contributed by atoms with Gasteiger partial charge in [-0.1, -0.05) is 34.9 Å². The standard InChI is InChI=1S/C22H35NO3S/c1-17(2)8-6-9-18(3)10-7-11-19(4)14-15-27-16-20(5)23-21(24)12-13-22(25)26/h8,10,12-14,20H,6-7,9,11,15-16H2,1-5H3,(H,23,24)(H,25,26)/b13-12+,18-10+,19-14+. The Kier molecular flexibility index (Phi) is 14.3. The number of carbonyl (C=O) groups is 2. The van der Waals surface area contributed by atoms with E-state index in [9.17, 15) is 9.59 Å². The van der Waals surface area contributed by atoms with Gasteiger partial charge in [0.25, 0.3) is 0 Å². The lowest BCUT2D eigenvalue weighted by Crippen LogP contribution is -2.33. The zero-order valence-corrected chi connectivity index (χ0v) is 18.2. The second-order valence-corrected chi connectivity index (χ2v) is 8.15. The van der Waals surface area contributed by atoms with E-state index < -0.39 is 5.97 Å². The Bertz CT molecular complexity index is 584. The number of carboxylic acids is 1. The fourth-order valence-electron chi connectivity index (χ4n) is 2.26. The molecule has 0 bridgehead atoms. The summed E-state index contributed by atoms with van der Waals surface area (Å²) in [6.45, 7) is 10.6. The van der Waals surface area contributed by atoms with Crippen LogP contribution in [0.15, 0.2) is 47.1 Å². The summed E-state index contributed by atoms with van der Waals surface area (Å²) in [4.78, 5) is 21.8. The Morgan fingerprint density at radius 2 is 1.56 bits per heavy atom. The summed E-state index contributed by atoms with van der Waals surface area (Å²) in [5.41, 5.74) is 4.22. The molecule has 0 heterocycles. The quantitative estimate of drug-likeness (QED) is 0.254. The summed E-state index contributed by atoms with van der Waals surface area (Å²) >= 11 is 1.76. The lowest BCUT2D eigenvalue weighted by atomic mass is 10.1. The number of amides is 1. The maximum Gasteiger partial charge on any atom is 0.328 e. The summed E-state index contributed by atoms with van der Waals surface area (Å²) in [5, 5.41) is 11.2. The van der Waals surface area contributed by atoms with Gasteiger partial charge in [0.2, 0.25) is 5.91 Å². The number of hydrogen-bond acceptors (Lipinski definition) is 3. The number of nitrogens with one attached hydrogen (secondary N) is 1. The summed E-state index contributed by atoms with van der Waals surface area (Å²) < 4.78 is 0. The third-order valence-corrected chi connectivity index (χ3v) is 4.94. The third kappa shape index (κ3) is 17.4. The van der Waals surface area contributed by atoms with Crippen molar-refractivity contribution in [2.45, 2.75) is 66.3 Å². The lowest BCUT2D eigenvalue weighted by molar-refractivity contribution is -0.131. The molecule has 5 heteroatoms. The fourth-order valence-corrected chi connectivity index (χ4v) is 3.24. The molecule has 0 aromatic heterocycles. The van der Waals surface area contributed by atoms with Gasteiger partial charge in [-0.05, 0) is 60.3 Å². The maximum absolute atomic E-state index is 11.5. The van der Waals surface area contributed by atoms with Gasteiger partial charge in [-0.25, -0.2) is 4.79 Å². The van der Waals surface area contributed by atoms with Crippen LogP contribution in [0.25, 0.3) is 0 Å². The lowest BCUT2D eigenvalue weighted by Gasteiger charge is -2.11. The highest BCUT2D eigenvalue weighted by Gasteiger charge is 2.04. The Balaban J connectivity index is 3.97. The smallest absolute Gasteiger partial charge is 0.328 e. The van der Waals surface area contributed by atoms with Crippen LogP contribution in [0.1, 0.15) is 60.3 Å². The molecular formula is C22H35NO3S. The van der Waals surface area contributed by atoms with Gasteiger partial charge >= 0.3 is 5.97 Å². The van der Waals surface area contributed by atoms with Crippen LogP contribution in [-0.2, 0) is 9.59 Å². The van der Waals surface area contributed by atoms with Crippen molar-refractivity contribution in [3.8, 4) is 0 Å². The predicted octanol–water partition coefficient (Wildman–Crippen LogP) is 5.28. The van der Waals surface area contributed by atoms with Crippen molar-refractivity contribution < 1.29 is 14.7 Å². The maximum atomic E-state index is 11.5. The second-order valence-electron chi connectivity index (χ2n) is 7.08. The normalized spacial score (nSPS) is 13.5. The average molecular weight is 394 g/mol. The Morgan fingerprint density at radius 1 is 0.963 bits per heavy atom. The topological polar surface area (TPSA) is 66.4 Å². The molecule has 27 heavy (non-hydrogen) atoms. The summed E-state index contributed by atoms with van der Waals surface area (Å²) in [6.07, 6.45) is 13.2. The van der Waals surface area contributed by atoms with Gasteiger partial charge in [0.1, 0.15) is 0 Å². The van der Waals surface area contributed by atoms with Gasteiger partial charge in [-0.2, -0.15) is 11.8 Å². The molecule has 0 fully saturated rings. The Labute approximate surface area is 168 Å². The average Bonchev–Trinajstić information content (AvgIpc) is 2.56. The first-order chi connectivity index (χ1) is 12.7. The molecule has 0 saturated heterocycles. The second kappa shape index (κ2) is 15.3. The Morgan fingerprint density at radius 3 is 2.15 bits per heavy atom. The molecule has 1 atom stereocenters. The highest BCUT2D eigenvalue weighted by molar-refractivity contribution is 7.99. The van der Waals surface area contributed by atoms with E-state index in [0.29, 0.717) is 0 Å². The van der Waals surface area contributed by atoms with E-state index in [0.717, 1.165) is 49.3 Å². The molecule has 0 aliphatic heterocycles. The monoisotopic (exact) mass is 393 g/mol. The minimum atomic E-state index is -1.12. The molecule has 0 rings (SSSR count). The Hall–Kier alpha value is -1.75. The van der Waals surface area contributed by atoms with Crippen molar-refractivity contribution >= 4 is 23.6 Å². The van der Waals surface area contributed by atoms with Crippen LogP contribution in [0.2, 0.25) is 0 Å². The van der Waals surface area contributed by atoms with Crippen LogP contribution >= 0.6 is 11.8 Å². The van der Waals surface area contributed by atoms with Gasteiger partial charge in [-0.15, -0.1) is 0 Å². The molecule has 0 aliphatic rings. The molecule has 0 spiro atoms. The summed E-state index contributed by atoms with van der Waals surface area (Å²) in [6, 6.07) is 0.000964. The first-order valence-corrected chi connectivity index (χ1v) is 10.6. The van der Waals surface area contributed by atoms with Crippen molar-refractivity contribution in [2.24, 2.45) is 0 Å². The van der Waals surface area contributed by atoms with Gasteiger partial charge < -0.3 is 10.4 Å². The first kappa shape index (κ1) is 25.2. The third-order valence-electron chi connectivity index (χ3n) is 3.81. The molecule has 152 valence electrons. The van der Waals surface area contributed by atoms with E-state index in [1.54, 1.807) is 11.8 Å². The van der Waals surface area contributed by atoms with Crippen molar-refractivity contribution in [1.29, 1.82) is 0 Å². The van der Waals surface area contributed by atoms with E-state index in [2.05, 4.69) is 51.2 Å². The molecule has 0 aromatic carbocycles. The van der Waals surface area contributed by atoms with Crippen LogP contribution < -0.4 is 5.32 Å². The number of allylic oxidation sites excluding steroid dienone is 5. The van der Waals surface area contributed by atoms with Crippen LogP contribution in [0.5, 0.6) is 0 Å². The van der Waals surface area contributed by atoms with E-state index >= 15 is 0 Å². The van der Waals surface area contributed by atoms with E-state index in [4.69, 9.17) is 5.11 Å². The molecule has 1 amide bonds. The SMILES string of the molecule is CC(C)=CCC/C(C)=C/CC/C(C)=C/CSCC(C)NC(=O)/C=C/C(=O)O. The number of rotatable bonds is 13. The number of aliphatic carboxylic acids is 1. The zero-order valence-electron chi connectivity index (χ0n) is 17.4. The minimum absolute atomic E-state index is 0.000964. The molecule has 0 aliphatic carbocycles. The largest absolute Gasteiger partial charge is 0.478 e. The highest BCUT2D eigenvalue weighted by Crippen LogP contribution is 2.12. The molecule has 0 saturated carbocycles. The minimum Gasteiger partial charge on any atom is -0.478 e. The molecule has 1 unspecified atom stereocenters. The van der Waals surface area contributed by atoms with Crippen molar-refractivity contribution in [3.63, 3.8) is 0 Å². The van der Waals surface area contributed by atoms with E-state index in [1.165, 1.54) is 16.7 Å². The van der Waals surface area contributed by atoms with Crippen LogP contribution in [-0.4, -0.2) is 34.5 Å². The van der Waals surface area contributed by atoms with Crippen molar-refractivity contribution in [3.05, 3.63) is 47.1 Å². The number of thioether (sulfide) groups is 1. The number of carboxylic acid groups (broad SMARTS) is 1. The summed E-state index contributed by atoms with van der Waals surface area (Å²) in [5.74, 6) is 0.217. The van der Waals surface area contributed by atoms with Crippen LogP contribution in [0, 0.1) is 0 Å². The fraction of sp³-hybridized carbons (Fsp3) is 0.545. The van der Waals surface area contributed by atoms with Crippen molar-refractivity contribution in [2.75, 3.05) is 11.5 Å². The molecule has 0 aromatic rings. The van der Waals surface area contributed by atoms with Gasteiger partial charge in [-0.3, -0.25) is 4.79 Å². The summed E-state index contributed by atoms with van der Waals surface area (Å²) in [7, 11) is 0. The highest BCUT2D eigenvalue weighted by atomic mass is 32.2. The number of hydrogen-bond donors (Lipinski definition) is 2. The van der Waals surface area contributed by atoms with Gasteiger partial charge in [0.05, 0.1) is 0 Å². The van der Waals surface area contributed by atoms with E-state index in [1.807, 2.05) is 6.92 Å². The van der Waals surface area contributed by atoms with Gasteiger partial charge in [0, 0.05) is 29.7 Å². The molecule has 4 nitrogen and oxygen atoms in total. The number of carbonyl (C=O) groups excluding carboxylic acids is 1. The van der Waals surface area contributed by atoms with E-state index in [-0.39, 0.29) is 11.9 Å². The predicted molar refractivity (Wildman–Crippen MR) is 117 cm³/mol. The first-order valence-electron chi connectivity index (χ1n) is 9.44. The van der Waals surface area contributed by atoms with Crippen LogP contribution in [0.4, 0.5) is 0 Å².